The van der Waals surface area contributed by atoms with Crippen molar-refractivity contribution in [2.45, 2.75) is 13.2 Å². The number of phosphoric ester groups is 1. The van der Waals surface area contributed by atoms with Gasteiger partial charge in [0.15, 0.2) is 0 Å². The van der Waals surface area contributed by atoms with Crippen LogP contribution in [-0.2, 0) is 45.8 Å². The van der Waals surface area contributed by atoms with E-state index in [1.54, 1.807) is 0 Å². The highest BCUT2D eigenvalue weighted by molar-refractivity contribution is 7.47. The standard InChI is InChI=1S/C26H25N6O12P/c1-39-23(33)15-5-16(24(34)40-2)8-21(7-15)31-11-19(27-29-31)13-43-45(37,38)44-14-20-12-32(30-28-20)22-9-17(25(35)41-3)6-18(10-22)26(36)42-4/h5-12H,13-14H2,1-4H3,(H,37,38). The lowest BCUT2D eigenvalue weighted by Gasteiger charge is -2.10. The summed E-state index contributed by atoms with van der Waals surface area (Å²) in [6.07, 6.45) is 2.68. The van der Waals surface area contributed by atoms with E-state index in [9.17, 15) is 28.6 Å². The highest BCUT2D eigenvalue weighted by Crippen LogP contribution is 2.44. The molecule has 0 fully saturated rings. The predicted octanol–water partition coefficient (Wildman–Crippen LogP) is 1.83. The molecule has 236 valence electrons. The zero-order valence-corrected chi connectivity index (χ0v) is 25.0. The van der Waals surface area contributed by atoms with Crippen LogP contribution < -0.4 is 0 Å². The van der Waals surface area contributed by atoms with E-state index in [0.29, 0.717) is 0 Å². The number of aromatic nitrogens is 6. The largest absolute Gasteiger partial charge is 0.472 e. The first-order valence-electron chi connectivity index (χ1n) is 12.6. The zero-order chi connectivity index (χ0) is 32.7. The molecule has 4 rings (SSSR count). The van der Waals surface area contributed by atoms with Crippen LogP contribution in [0, 0.1) is 0 Å². The van der Waals surface area contributed by atoms with Crippen LogP contribution in [0.5, 0.6) is 0 Å². The van der Waals surface area contributed by atoms with Crippen LogP contribution in [0.2, 0.25) is 0 Å². The summed E-state index contributed by atoms with van der Waals surface area (Å²) in [6, 6.07) is 8.16. The smallest absolute Gasteiger partial charge is 0.465 e. The average Bonchev–Trinajstić information content (AvgIpc) is 3.75. The van der Waals surface area contributed by atoms with Crippen molar-refractivity contribution < 1.29 is 56.6 Å². The number of carbonyl (C=O) groups is 4. The van der Waals surface area contributed by atoms with E-state index < -0.39 is 44.9 Å². The van der Waals surface area contributed by atoms with Crippen LogP contribution in [-0.4, -0.2) is 87.2 Å². The number of hydrogen-bond donors (Lipinski definition) is 1. The number of hydrogen-bond acceptors (Lipinski definition) is 15. The molecule has 2 heterocycles. The molecule has 2 aromatic heterocycles. The van der Waals surface area contributed by atoms with Gasteiger partial charge in [0.05, 0.1) is 74.5 Å². The molecule has 0 bridgehead atoms. The van der Waals surface area contributed by atoms with Gasteiger partial charge >= 0.3 is 31.7 Å². The average molecular weight is 644 g/mol. The molecule has 18 nitrogen and oxygen atoms in total. The van der Waals surface area contributed by atoms with E-state index in [-0.39, 0.29) is 45.0 Å². The molecule has 0 atom stereocenters. The summed E-state index contributed by atoms with van der Waals surface area (Å²) >= 11 is 0. The molecule has 0 amide bonds. The Morgan fingerprint density at radius 1 is 0.622 bits per heavy atom. The van der Waals surface area contributed by atoms with Crippen LogP contribution in [0.1, 0.15) is 52.8 Å². The molecule has 0 saturated carbocycles. The van der Waals surface area contributed by atoms with E-state index in [2.05, 4.69) is 20.6 Å². The molecule has 0 unspecified atom stereocenters. The lowest BCUT2D eigenvalue weighted by Crippen LogP contribution is -2.09. The molecule has 1 N–H and O–H groups in total. The number of ether oxygens (including phenoxy) is 4. The minimum absolute atomic E-state index is 0.0500. The molecule has 2 aromatic carbocycles. The number of rotatable bonds is 12. The Labute approximate surface area is 254 Å². The molecule has 0 aliphatic heterocycles. The summed E-state index contributed by atoms with van der Waals surface area (Å²) in [5, 5.41) is 15.5. The van der Waals surface area contributed by atoms with Gasteiger partial charge in [-0.1, -0.05) is 10.4 Å². The number of esters is 4. The van der Waals surface area contributed by atoms with E-state index in [1.165, 1.54) is 86.6 Å². The van der Waals surface area contributed by atoms with Crippen LogP contribution >= 0.6 is 7.82 Å². The van der Waals surface area contributed by atoms with Crippen LogP contribution in [0.15, 0.2) is 48.8 Å². The Hall–Kier alpha value is -5.29. The van der Waals surface area contributed by atoms with Crippen LogP contribution in [0.3, 0.4) is 0 Å². The third-order valence-corrected chi connectivity index (χ3v) is 6.79. The second-order valence-corrected chi connectivity index (χ2v) is 10.3. The molecule has 0 aliphatic rings. The summed E-state index contributed by atoms with van der Waals surface area (Å²) in [5.41, 5.74) is 0.910. The van der Waals surface area contributed by atoms with Gasteiger partial charge in [-0.25, -0.2) is 33.1 Å². The number of methoxy groups -OCH3 is 4. The Bertz CT molecular complexity index is 1610. The van der Waals surface area contributed by atoms with E-state index >= 15 is 0 Å². The van der Waals surface area contributed by atoms with Crippen molar-refractivity contribution in [2.75, 3.05) is 28.4 Å². The van der Waals surface area contributed by atoms with Gasteiger partial charge in [0.1, 0.15) is 24.6 Å². The fraction of sp³-hybridized carbons (Fsp3) is 0.231. The van der Waals surface area contributed by atoms with E-state index in [4.69, 9.17) is 28.0 Å². The first-order valence-corrected chi connectivity index (χ1v) is 14.0. The van der Waals surface area contributed by atoms with Crippen molar-refractivity contribution in [1.29, 1.82) is 0 Å². The maximum Gasteiger partial charge on any atom is 0.472 e. The SMILES string of the molecule is COC(=O)c1cc(C(=O)OC)cc(-n2cc(COP(=O)(O)OCc3cn(-c4cc(C(=O)OC)cc(C(=O)OC)c4)nn3)nn2)c1. The van der Waals surface area contributed by atoms with Gasteiger partial charge in [0, 0.05) is 0 Å². The van der Waals surface area contributed by atoms with Crippen molar-refractivity contribution in [3.05, 3.63) is 82.4 Å². The molecule has 0 spiro atoms. The minimum atomic E-state index is -4.65. The van der Waals surface area contributed by atoms with Crippen LogP contribution in [0.25, 0.3) is 11.4 Å². The van der Waals surface area contributed by atoms with E-state index in [1.807, 2.05) is 0 Å². The third kappa shape index (κ3) is 8.01. The molecular weight excluding hydrogens is 619 g/mol. The zero-order valence-electron chi connectivity index (χ0n) is 24.1. The second kappa shape index (κ2) is 14.0. The number of nitrogens with zero attached hydrogens (tertiary/aromatic N) is 6. The first-order chi connectivity index (χ1) is 21.5. The fourth-order valence-corrected chi connectivity index (χ4v) is 4.41. The molecular formula is C26H25N6O12P. The van der Waals surface area contributed by atoms with Gasteiger partial charge in [-0.3, -0.25) is 9.05 Å². The normalized spacial score (nSPS) is 11.1. The molecule has 0 radical (unpaired) electrons. The lowest BCUT2D eigenvalue weighted by molar-refractivity contribution is 0.0581. The van der Waals surface area contributed by atoms with Crippen molar-refractivity contribution in [2.24, 2.45) is 0 Å². The van der Waals surface area contributed by atoms with Crippen molar-refractivity contribution in [3.63, 3.8) is 0 Å². The third-order valence-electron chi connectivity index (χ3n) is 5.88. The topological polar surface area (TPSA) is 222 Å². The maximum atomic E-state index is 12.5. The first kappa shape index (κ1) is 32.6. The van der Waals surface area contributed by atoms with Gasteiger partial charge in [-0.05, 0) is 36.4 Å². The Balaban J connectivity index is 1.42. The lowest BCUT2D eigenvalue weighted by atomic mass is 10.1. The maximum absolute atomic E-state index is 12.5. The Morgan fingerprint density at radius 3 is 1.22 bits per heavy atom. The van der Waals surface area contributed by atoms with Crippen molar-refractivity contribution >= 4 is 31.7 Å². The number of carbonyl (C=O) groups excluding carboxylic acids is 4. The summed E-state index contributed by atoms with van der Waals surface area (Å²) in [7, 11) is 0.0843. The molecule has 0 saturated heterocycles. The van der Waals surface area contributed by atoms with Crippen molar-refractivity contribution in [1.82, 2.24) is 30.0 Å². The predicted molar refractivity (Wildman–Crippen MR) is 147 cm³/mol. The number of phosphoric acid groups is 1. The highest BCUT2D eigenvalue weighted by atomic mass is 31.2. The van der Waals surface area contributed by atoms with E-state index in [0.717, 1.165) is 0 Å². The Morgan fingerprint density at radius 2 is 0.933 bits per heavy atom. The quantitative estimate of drug-likeness (QED) is 0.132. The molecule has 0 aliphatic carbocycles. The summed E-state index contributed by atoms with van der Waals surface area (Å²) in [5.74, 6) is -2.82. The summed E-state index contributed by atoms with van der Waals surface area (Å²) < 4.78 is 43.8. The van der Waals surface area contributed by atoms with Gasteiger partial charge in [0.25, 0.3) is 0 Å². The van der Waals surface area contributed by atoms with Crippen LogP contribution in [0.4, 0.5) is 0 Å². The van der Waals surface area contributed by atoms with Gasteiger partial charge < -0.3 is 23.8 Å². The molecule has 45 heavy (non-hydrogen) atoms. The monoisotopic (exact) mass is 644 g/mol. The van der Waals surface area contributed by atoms with Gasteiger partial charge in [0.2, 0.25) is 0 Å². The van der Waals surface area contributed by atoms with Crippen molar-refractivity contribution in [3.8, 4) is 11.4 Å². The van der Waals surface area contributed by atoms with Gasteiger partial charge in [-0.2, -0.15) is 0 Å². The second-order valence-electron chi connectivity index (χ2n) is 8.83. The minimum Gasteiger partial charge on any atom is -0.465 e. The fourth-order valence-electron chi connectivity index (χ4n) is 3.74. The molecule has 4 aromatic rings. The highest BCUT2D eigenvalue weighted by Gasteiger charge is 2.24. The molecule has 19 heteroatoms. The Kier molecular flexibility index (Phi) is 10.1. The van der Waals surface area contributed by atoms with Gasteiger partial charge in [-0.15, -0.1) is 10.2 Å². The number of benzene rings is 2. The summed E-state index contributed by atoms with van der Waals surface area (Å²) in [6.45, 7) is -1.00. The summed E-state index contributed by atoms with van der Waals surface area (Å²) in [4.78, 5) is 58.4.